The molecule has 0 amide bonds. The maximum atomic E-state index is 11.8. The van der Waals surface area contributed by atoms with E-state index in [9.17, 15) is 9.90 Å². The fourth-order valence-electron chi connectivity index (χ4n) is 2.73. The number of hydrogen-bond donors (Lipinski definition) is 2. The minimum absolute atomic E-state index is 0.135. The zero-order chi connectivity index (χ0) is 18.0. The van der Waals surface area contributed by atoms with Gasteiger partial charge in [-0.2, -0.15) is 0 Å². The van der Waals surface area contributed by atoms with E-state index in [1.165, 1.54) is 12.1 Å². The number of rotatable bonds is 5. The summed E-state index contributed by atoms with van der Waals surface area (Å²) in [6, 6.07) is 10.2. The average Bonchev–Trinajstić information content (AvgIpc) is 2.56. The van der Waals surface area contributed by atoms with Gasteiger partial charge in [0.05, 0.1) is 0 Å². The van der Waals surface area contributed by atoms with E-state index in [1.807, 2.05) is 19.1 Å². The molecular formula is C19H17Cl2NO3. The molecule has 0 aliphatic heterocycles. The molecule has 3 rings (SSSR count). The first-order chi connectivity index (χ1) is 12.0. The fraction of sp³-hybridized carbons (Fsp3) is 0.211. The average molecular weight is 378 g/mol. The topological polar surface area (TPSA) is 62.5 Å². The number of aryl methyl sites for hydroxylation is 1. The normalized spacial score (nSPS) is 11.2. The van der Waals surface area contributed by atoms with Crippen molar-refractivity contribution >= 4 is 34.2 Å². The largest absolute Gasteiger partial charge is 0.508 e. The Bertz CT molecular complexity index is 982. The van der Waals surface area contributed by atoms with Gasteiger partial charge in [-0.1, -0.05) is 36.2 Å². The third kappa shape index (κ3) is 3.98. The van der Waals surface area contributed by atoms with Crippen LogP contribution in [0.2, 0.25) is 10.0 Å². The van der Waals surface area contributed by atoms with Crippen molar-refractivity contribution in [3.63, 3.8) is 0 Å². The lowest BCUT2D eigenvalue weighted by molar-refractivity contribution is 0.466. The van der Waals surface area contributed by atoms with Gasteiger partial charge in [-0.15, -0.1) is 0 Å². The first-order valence-electron chi connectivity index (χ1n) is 7.91. The van der Waals surface area contributed by atoms with Gasteiger partial charge < -0.3 is 14.8 Å². The zero-order valence-electron chi connectivity index (χ0n) is 13.6. The number of phenols is 1. The van der Waals surface area contributed by atoms with E-state index in [0.717, 1.165) is 22.1 Å². The van der Waals surface area contributed by atoms with E-state index in [1.54, 1.807) is 12.1 Å². The number of hydrogen-bond acceptors (Lipinski definition) is 4. The second-order valence-electron chi connectivity index (χ2n) is 5.76. The van der Waals surface area contributed by atoms with Crippen molar-refractivity contribution in [2.75, 3.05) is 0 Å². The molecule has 0 radical (unpaired) electrons. The summed E-state index contributed by atoms with van der Waals surface area (Å²) >= 11 is 12.1. The standard InChI is InChI=1S/C19H17Cl2NO3/c1-2-11-5-15-13(6-19(24)25-18(15)8-17(11)23)10-22-9-12-3-4-14(20)7-16(12)21/h3-8,22-23H,2,9-10H2,1H3. The second-order valence-corrected chi connectivity index (χ2v) is 6.60. The van der Waals surface area contributed by atoms with E-state index < -0.39 is 5.63 Å². The summed E-state index contributed by atoms with van der Waals surface area (Å²) in [4.78, 5) is 11.8. The molecule has 0 aliphatic carbocycles. The van der Waals surface area contributed by atoms with Crippen LogP contribution in [0.3, 0.4) is 0 Å². The van der Waals surface area contributed by atoms with E-state index >= 15 is 0 Å². The minimum Gasteiger partial charge on any atom is -0.508 e. The second kappa shape index (κ2) is 7.48. The van der Waals surface area contributed by atoms with E-state index in [-0.39, 0.29) is 5.75 Å². The molecule has 0 bridgehead atoms. The van der Waals surface area contributed by atoms with Crippen LogP contribution < -0.4 is 10.9 Å². The Hall–Kier alpha value is -2.01. The monoisotopic (exact) mass is 377 g/mol. The Morgan fingerprint density at radius 3 is 2.52 bits per heavy atom. The Labute approximate surface area is 155 Å². The number of fused-ring (bicyclic) bond motifs is 1. The third-order valence-electron chi connectivity index (χ3n) is 4.06. The SMILES string of the molecule is CCc1cc2c(CNCc3ccc(Cl)cc3Cl)cc(=O)oc2cc1O. The van der Waals surface area contributed by atoms with Crippen LogP contribution in [0.25, 0.3) is 11.0 Å². The molecule has 3 aromatic rings. The van der Waals surface area contributed by atoms with E-state index in [2.05, 4.69) is 5.32 Å². The molecule has 1 heterocycles. The van der Waals surface area contributed by atoms with Crippen molar-refractivity contribution < 1.29 is 9.52 Å². The molecule has 0 saturated heterocycles. The molecule has 2 aromatic carbocycles. The van der Waals surface area contributed by atoms with Gasteiger partial charge in [-0.3, -0.25) is 0 Å². The van der Waals surface area contributed by atoms with Crippen LogP contribution in [0.15, 0.2) is 45.6 Å². The van der Waals surface area contributed by atoms with Crippen LogP contribution in [-0.2, 0) is 19.5 Å². The van der Waals surface area contributed by atoms with Gasteiger partial charge in [-0.05, 0) is 41.3 Å². The summed E-state index contributed by atoms with van der Waals surface area (Å²) in [6.45, 7) is 2.96. The fourth-order valence-corrected chi connectivity index (χ4v) is 3.21. The van der Waals surface area contributed by atoms with Crippen molar-refractivity contribution in [1.82, 2.24) is 5.32 Å². The van der Waals surface area contributed by atoms with Gasteiger partial charge in [0.2, 0.25) is 0 Å². The summed E-state index contributed by atoms with van der Waals surface area (Å²) in [6.07, 6.45) is 0.689. The van der Waals surface area contributed by atoms with Crippen molar-refractivity contribution in [2.45, 2.75) is 26.4 Å². The predicted molar refractivity (Wildman–Crippen MR) is 101 cm³/mol. The summed E-state index contributed by atoms with van der Waals surface area (Å²) in [5, 5.41) is 15.2. The smallest absolute Gasteiger partial charge is 0.336 e. The third-order valence-corrected chi connectivity index (χ3v) is 4.64. The number of phenolic OH excluding ortho intramolecular Hbond substituents is 1. The first-order valence-corrected chi connectivity index (χ1v) is 8.66. The van der Waals surface area contributed by atoms with Crippen LogP contribution in [-0.4, -0.2) is 5.11 Å². The van der Waals surface area contributed by atoms with Gasteiger partial charge in [0.25, 0.3) is 0 Å². The number of benzene rings is 2. The van der Waals surface area contributed by atoms with Crippen molar-refractivity contribution in [3.8, 4) is 5.75 Å². The van der Waals surface area contributed by atoms with Gasteiger partial charge in [-0.25, -0.2) is 4.79 Å². The molecule has 130 valence electrons. The van der Waals surface area contributed by atoms with Crippen LogP contribution >= 0.6 is 23.2 Å². The van der Waals surface area contributed by atoms with E-state index in [0.29, 0.717) is 35.1 Å². The van der Waals surface area contributed by atoms with Gasteiger partial charge >= 0.3 is 5.63 Å². The summed E-state index contributed by atoms with van der Waals surface area (Å²) in [7, 11) is 0. The Morgan fingerprint density at radius 1 is 1.04 bits per heavy atom. The lowest BCUT2D eigenvalue weighted by Crippen LogP contribution is -2.15. The van der Waals surface area contributed by atoms with Crippen molar-refractivity contribution in [1.29, 1.82) is 0 Å². The molecule has 2 N–H and O–H groups in total. The zero-order valence-corrected chi connectivity index (χ0v) is 15.1. The Balaban J connectivity index is 1.86. The van der Waals surface area contributed by atoms with Gasteiger partial charge in [0.15, 0.2) is 0 Å². The highest BCUT2D eigenvalue weighted by molar-refractivity contribution is 6.35. The van der Waals surface area contributed by atoms with Gasteiger partial charge in [0, 0.05) is 40.7 Å². The maximum absolute atomic E-state index is 11.8. The number of halogens is 2. The van der Waals surface area contributed by atoms with Crippen LogP contribution in [0.4, 0.5) is 0 Å². The summed E-state index contributed by atoms with van der Waals surface area (Å²) in [5.74, 6) is 0.135. The van der Waals surface area contributed by atoms with Crippen LogP contribution in [0.1, 0.15) is 23.6 Å². The van der Waals surface area contributed by atoms with Crippen LogP contribution in [0, 0.1) is 0 Å². The van der Waals surface area contributed by atoms with Crippen LogP contribution in [0.5, 0.6) is 5.75 Å². The molecule has 6 heteroatoms. The molecule has 0 aliphatic rings. The first kappa shape index (κ1) is 17.8. The molecule has 25 heavy (non-hydrogen) atoms. The predicted octanol–water partition coefficient (Wildman–Crippen LogP) is 4.66. The van der Waals surface area contributed by atoms with Crippen molar-refractivity contribution in [3.05, 3.63) is 73.6 Å². The highest BCUT2D eigenvalue weighted by Crippen LogP contribution is 2.27. The number of aromatic hydroxyl groups is 1. The highest BCUT2D eigenvalue weighted by atomic mass is 35.5. The lowest BCUT2D eigenvalue weighted by Gasteiger charge is -2.10. The molecule has 0 spiro atoms. The van der Waals surface area contributed by atoms with Crippen molar-refractivity contribution in [2.24, 2.45) is 0 Å². The number of nitrogens with one attached hydrogen (secondary N) is 1. The quantitative estimate of drug-likeness (QED) is 0.634. The highest BCUT2D eigenvalue weighted by Gasteiger charge is 2.10. The Morgan fingerprint density at radius 2 is 1.80 bits per heavy atom. The van der Waals surface area contributed by atoms with Gasteiger partial charge in [0.1, 0.15) is 11.3 Å². The molecule has 0 saturated carbocycles. The molecular weight excluding hydrogens is 361 g/mol. The molecule has 4 nitrogen and oxygen atoms in total. The summed E-state index contributed by atoms with van der Waals surface area (Å²) < 4.78 is 5.20. The van der Waals surface area contributed by atoms with E-state index in [4.69, 9.17) is 27.6 Å². The minimum atomic E-state index is -0.447. The molecule has 1 aromatic heterocycles. The summed E-state index contributed by atoms with van der Waals surface area (Å²) in [5.41, 5.74) is 2.47. The molecule has 0 atom stereocenters. The lowest BCUT2D eigenvalue weighted by atomic mass is 10.0. The maximum Gasteiger partial charge on any atom is 0.336 e. The Kier molecular flexibility index (Phi) is 5.33. The molecule has 0 unspecified atom stereocenters. The molecule has 0 fully saturated rings.